The monoisotopic (exact) mass is 264 g/mol. The van der Waals surface area contributed by atoms with Gasteiger partial charge in [-0.3, -0.25) is 9.98 Å². The van der Waals surface area contributed by atoms with Crippen LogP contribution in [-0.4, -0.2) is 35.0 Å². The van der Waals surface area contributed by atoms with Gasteiger partial charge in [-0.15, -0.1) is 0 Å². The van der Waals surface area contributed by atoms with Crippen LogP contribution < -0.4 is 11.1 Å². The van der Waals surface area contributed by atoms with Crippen LogP contribution in [0.3, 0.4) is 0 Å². The second-order valence-corrected chi connectivity index (χ2v) is 5.77. The van der Waals surface area contributed by atoms with Crippen molar-refractivity contribution in [1.29, 1.82) is 0 Å². The summed E-state index contributed by atoms with van der Waals surface area (Å²) in [5.74, 6) is 1.83. The van der Waals surface area contributed by atoms with E-state index in [0.29, 0.717) is 11.2 Å². The molecule has 1 aliphatic rings. The maximum Gasteiger partial charge on any atom is 0.188 e. The lowest BCUT2D eigenvalue weighted by molar-refractivity contribution is 0.775. The molecule has 2 heterocycles. The number of guanidine groups is 1. The lowest BCUT2D eigenvalue weighted by Gasteiger charge is -2.07. The van der Waals surface area contributed by atoms with Gasteiger partial charge in [0.05, 0.1) is 6.54 Å². The predicted octanol–water partition coefficient (Wildman–Crippen LogP) is 1.42. The van der Waals surface area contributed by atoms with E-state index in [-0.39, 0.29) is 0 Å². The standard InChI is InChI=1S/C13H20N4S/c14-13(17-10-12-5-3-9-18-12)16-8-6-11-4-1-2-7-15-11/h1-2,4,7,12H,3,5-6,8-10H2,(H3,14,16,17). The Labute approximate surface area is 112 Å². The molecule has 1 saturated heterocycles. The summed E-state index contributed by atoms with van der Waals surface area (Å²) in [6, 6.07) is 5.94. The van der Waals surface area contributed by atoms with Gasteiger partial charge in [0.15, 0.2) is 5.96 Å². The largest absolute Gasteiger partial charge is 0.370 e. The number of hydrogen-bond donors (Lipinski definition) is 2. The minimum absolute atomic E-state index is 0.554. The number of hydrogen-bond acceptors (Lipinski definition) is 3. The number of thioether (sulfide) groups is 1. The van der Waals surface area contributed by atoms with Gasteiger partial charge in [0, 0.05) is 30.1 Å². The third kappa shape index (κ3) is 4.56. The van der Waals surface area contributed by atoms with E-state index in [1.165, 1.54) is 18.6 Å². The summed E-state index contributed by atoms with van der Waals surface area (Å²) in [6.45, 7) is 1.62. The van der Waals surface area contributed by atoms with Gasteiger partial charge in [-0.1, -0.05) is 6.07 Å². The first-order valence-electron chi connectivity index (χ1n) is 6.40. The molecule has 3 N–H and O–H groups in total. The van der Waals surface area contributed by atoms with Crippen LogP contribution in [0.5, 0.6) is 0 Å². The van der Waals surface area contributed by atoms with E-state index in [2.05, 4.69) is 15.3 Å². The second-order valence-electron chi connectivity index (χ2n) is 4.36. The van der Waals surface area contributed by atoms with Crippen LogP contribution in [0.2, 0.25) is 0 Å². The number of rotatable bonds is 5. The van der Waals surface area contributed by atoms with Crippen molar-refractivity contribution in [1.82, 2.24) is 10.3 Å². The first kappa shape index (κ1) is 13.2. The molecule has 1 aromatic rings. The fraction of sp³-hybridized carbons (Fsp3) is 0.538. The number of pyridine rings is 1. The Morgan fingerprint density at radius 2 is 2.50 bits per heavy atom. The Hall–Kier alpha value is -1.23. The van der Waals surface area contributed by atoms with E-state index in [4.69, 9.17) is 5.73 Å². The molecular formula is C13H20N4S. The normalized spacial score (nSPS) is 20.0. The van der Waals surface area contributed by atoms with Crippen molar-refractivity contribution in [2.24, 2.45) is 10.7 Å². The molecule has 1 aromatic heterocycles. The van der Waals surface area contributed by atoms with Crippen molar-refractivity contribution in [2.75, 3.05) is 18.8 Å². The molecule has 18 heavy (non-hydrogen) atoms. The summed E-state index contributed by atoms with van der Waals surface area (Å²) in [4.78, 5) is 8.64. The summed E-state index contributed by atoms with van der Waals surface area (Å²) in [6.07, 6.45) is 5.27. The van der Waals surface area contributed by atoms with Gasteiger partial charge in [-0.05, 0) is 30.7 Å². The molecule has 2 rings (SSSR count). The average molecular weight is 264 g/mol. The predicted molar refractivity (Wildman–Crippen MR) is 77.9 cm³/mol. The molecule has 1 unspecified atom stereocenters. The van der Waals surface area contributed by atoms with Crippen molar-refractivity contribution in [3.63, 3.8) is 0 Å². The molecule has 4 nitrogen and oxygen atoms in total. The fourth-order valence-corrected chi connectivity index (χ4v) is 3.09. The van der Waals surface area contributed by atoms with Gasteiger partial charge in [0.25, 0.3) is 0 Å². The van der Waals surface area contributed by atoms with Crippen LogP contribution in [0.1, 0.15) is 18.5 Å². The molecule has 1 aliphatic heterocycles. The van der Waals surface area contributed by atoms with Gasteiger partial charge in [-0.2, -0.15) is 11.8 Å². The molecule has 0 aliphatic carbocycles. The molecule has 0 spiro atoms. The molecule has 0 saturated carbocycles. The summed E-state index contributed by atoms with van der Waals surface area (Å²) in [5, 5.41) is 3.80. The zero-order valence-electron chi connectivity index (χ0n) is 10.5. The van der Waals surface area contributed by atoms with E-state index in [1.54, 1.807) is 0 Å². The molecule has 1 atom stereocenters. The number of aliphatic imine (C=N–C) groups is 1. The summed E-state index contributed by atoms with van der Waals surface area (Å²) >= 11 is 2.00. The molecule has 1 fully saturated rings. The highest BCUT2D eigenvalue weighted by Crippen LogP contribution is 2.25. The SMILES string of the molecule is NC(=NCC1CCCS1)NCCc1ccccn1. The van der Waals surface area contributed by atoms with Crippen LogP contribution in [0.15, 0.2) is 29.4 Å². The second kappa shape index (κ2) is 7.26. The Kier molecular flexibility index (Phi) is 5.33. The Morgan fingerprint density at radius 3 is 3.22 bits per heavy atom. The Bertz CT molecular complexity index is 374. The molecule has 0 aromatic carbocycles. The van der Waals surface area contributed by atoms with Crippen molar-refractivity contribution in [3.05, 3.63) is 30.1 Å². The fourth-order valence-electron chi connectivity index (χ4n) is 1.91. The van der Waals surface area contributed by atoms with Crippen molar-refractivity contribution in [3.8, 4) is 0 Å². The third-order valence-electron chi connectivity index (χ3n) is 2.90. The lowest BCUT2D eigenvalue weighted by Crippen LogP contribution is -2.34. The maximum atomic E-state index is 5.83. The number of aromatic nitrogens is 1. The summed E-state index contributed by atoms with van der Waals surface area (Å²) < 4.78 is 0. The maximum absolute atomic E-state index is 5.83. The molecule has 0 radical (unpaired) electrons. The number of nitrogens with one attached hydrogen (secondary N) is 1. The highest BCUT2D eigenvalue weighted by Gasteiger charge is 2.14. The van der Waals surface area contributed by atoms with Crippen molar-refractivity contribution in [2.45, 2.75) is 24.5 Å². The topological polar surface area (TPSA) is 63.3 Å². The van der Waals surface area contributed by atoms with Crippen LogP contribution in [0.25, 0.3) is 0 Å². The molecule has 98 valence electrons. The van der Waals surface area contributed by atoms with Crippen LogP contribution in [0, 0.1) is 0 Å². The van der Waals surface area contributed by atoms with Crippen LogP contribution in [0.4, 0.5) is 0 Å². The van der Waals surface area contributed by atoms with E-state index >= 15 is 0 Å². The van der Waals surface area contributed by atoms with E-state index in [1.807, 2.05) is 36.2 Å². The average Bonchev–Trinajstić information content (AvgIpc) is 2.91. The lowest BCUT2D eigenvalue weighted by atomic mass is 10.2. The first-order valence-corrected chi connectivity index (χ1v) is 7.45. The molecule has 5 heteroatoms. The molecular weight excluding hydrogens is 244 g/mol. The zero-order valence-corrected chi connectivity index (χ0v) is 11.3. The minimum atomic E-state index is 0.554. The highest BCUT2D eigenvalue weighted by molar-refractivity contribution is 8.00. The number of nitrogens with zero attached hydrogens (tertiary/aromatic N) is 2. The van der Waals surface area contributed by atoms with E-state index in [9.17, 15) is 0 Å². The quantitative estimate of drug-likeness (QED) is 0.624. The summed E-state index contributed by atoms with van der Waals surface area (Å²) in [7, 11) is 0. The summed E-state index contributed by atoms with van der Waals surface area (Å²) in [5.41, 5.74) is 6.90. The van der Waals surface area contributed by atoms with E-state index in [0.717, 1.165) is 25.2 Å². The van der Waals surface area contributed by atoms with Crippen molar-refractivity contribution >= 4 is 17.7 Å². The van der Waals surface area contributed by atoms with Gasteiger partial charge in [0.2, 0.25) is 0 Å². The van der Waals surface area contributed by atoms with Gasteiger partial charge >= 0.3 is 0 Å². The molecule has 0 amide bonds. The van der Waals surface area contributed by atoms with Crippen LogP contribution >= 0.6 is 11.8 Å². The Morgan fingerprint density at radius 1 is 1.56 bits per heavy atom. The Balaban J connectivity index is 1.64. The minimum Gasteiger partial charge on any atom is -0.370 e. The van der Waals surface area contributed by atoms with Gasteiger partial charge < -0.3 is 11.1 Å². The van der Waals surface area contributed by atoms with Gasteiger partial charge in [-0.25, -0.2) is 0 Å². The molecule has 0 bridgehead atoms. The van der Waals surface area contributed by atoms with Gasteiger partial charge in [0.1, 0.15) is 0 Å². The highest BCUT2D eigenvalue weighted by atomic mass is 32.2. The zero-order chi connectivity index (χ0) is 12.6. The van der Waals surface area contributed by atoms with Crippen LogP contribution in [-0.2, 0) is 6.42 Å². The first-order chi connectivity index (χ1) is 8.84. The van der Waals surface area contributed by atoms with E-state index < -0.39 is 0 Å². The number of nitrogens with two attached hydrogens (primary N) is 1. The third-order valence-corrected chi connectivity index (χ3v) is 4.28. The smallest absolute Gasteiger partial charge is 0.188 e. The van der Waals surface area contributed by atoms with Crippen molar-refractivity contribution < 1.29 is 0 Å².